The van der Waals surface area contributed by atoms with Gasteiger partial charge < -0.3 is 17.7 Å². The number of rotatable bonds is 4. The molecule has 0 saturated carbocycles. The van der Waals surface area contributed by atoms with E-state index in [1.807, 2.05) is 0 Å². The van der Waals surface area contributed by atoms with Crippen molar-refractivity contribution >= 4 is 18.7 Å². The van der Waals surface area contributed by atoms with E-state index < -0.39 is 12.6 Å². The van der Waals surface area contributed by atoms with Gasteiger partial charge in [-0.1, -0.05) is 0 Å². The predicted molar refractivity (Wildman–Crippen MR) is 52.8 cm³/mol. The van der Waals surface area contributed by atoms with Crippen LogP contribution in [0.25, 0.3) is 0 Å². The summed E-state index contributed by atoms with van der Waals surface area (Å²) in [6.45, 7) is -4.71. The second kappa shape index (κ2) is 7.24. The molecule has 0 amide bonds. The normalized spacial score (nSPS) is 10.7. The Morgan fingerprint density at radius 1 is 1.20 bits per heavy atom. The van der Waals surface area contributed by atoms with E-state index in [-0.39, 0.29) is 51.4 Å². The number of hydrogen-bond acceptors (Lipinski definition) is 2. The molecule has 0 heterocycles. The number of methoxy groups -OCH3 is 1. The van der Waals surface area contributed by atoms with Crippen LogP contribution in [-0.2, 0) is 0 Å². The van der Waals surface area contributed by atoms with Crippen LogP contribution in [0.3, 0.4) is 0 Å². The van der Waals surface area contributed by atoms with E-state index in [9.17, 15) is 12.9 Å². The van der Waals surface area contributed by atoms with Gasteiger partial charge in [0.15, 0.2) is 0 Å². The van der Waals surface area contributed by atoms with Gasteiger partial charge in [-0.2, -0.15) is 11.8 Å². The van der Waals surface area contributed by atoms with Crippen molar-refractivity contribution in [2.75, 3.05) is 12.8 Å². The standard InChI is InChI=1S/C8H9BF3OS.K/c1-13-7-2-4-8(5-3-7)14-6-9(10,11)12;/h2-5H,6H2,1H3;/q-1;+1. The maximum atomic E-state index is 11.9. The number of ether oxygens (including phenoxy) is 1. The molecule has 1 aromatic carbocycles. The summed E-state index contributed by atoms with van der Waals surface area (Å²) in [6, 6.07) is 6.52. The van der Waals surface area contributed by atoms with Crippen LogP contribution < -0.4 is 56.1 Å². The molecule has 1 nitrogen and oxygen atoms in total. The Kier molecular flexibility index (Phi) is 7.65. The zero-order valence-corrected chi connectivity index (χ0v) is 12.5. The Bertz CT molecular complexity index is 291. The molecule has 0 aromatic heterocycles. The van der Waals surface area contributed by atoms with Crippen LogP contribution in [0.4, 0.5) is 12.9 Å². The number of benzene rings is 1. The van der Waals surface area contributed by atoms with Crippen LogP contribution in [0.1, 0.15) is 0 Å². The number of thioether (sulfide) groups is 1. The van der Waals surface area contributed by atoms with E-state index >= 15 is 0 Å². The maximum Gasteiger partial charge on any atom is 1.00 e. The topological polar surface area (TPSA) is 9.23 Å². The Balaban J connectivity index is 0.00000196. The maximum absolute atomic E-state index is 11.9. The minimum atomic E-state index is -4.71. The van der Waals surface area contributed by atoms with Gasteiger partial charge in [0.25, 0.3) is 0 Å². The molecule has 0 spiro atoms. The first-order chi connectivity index (χ1) is 6.51. The average Bonchev–Trinajstić information content (AvgIpc) is 2.14. The molecular formula is C8H9BF3KOS. The molecule has 0 saturated heterocycles. The summed E-state index contributed by atoms with van der Waals surface area (Å²) in [6.07, 6.45) is 0. The van der Waals surface area contributed by atoms with Crippen molar-refractivity contribution in [2.24, 2.45) is 0 Å². The van der Waals surface area contributed by atoms with E-state index in [4.69, 9.17) is 4.74 Å². The largest absolute Gasteiger partial charge is 1.00 e. The summed E-state index contributed by atoms with van der Waals surface area (Å²) in [5.74, 6) is 0.645. The van der Waals surface area contributed by atoms with E-state index in [1.54, 1.807) is 24.3 Å². The minimum Gasteiger partial charge on any atom is -0.497 e. The second-order valence-electron chi connectivity index (χ2n) is 2.70. The molecule has 0 unspecified atom stereocenters. The van der Waals surface area contributed by atoms with Crippen molar-refractivity contribution in [3.63, 3.8) is 0 Å². The molecule has 78 valence electrons. The van der Waals surface area contributed by atoms with Gasteiger partial charge in [0.1, 0.15) is 5.75 Å². The first-order valence-corrected chi connectivity index (χ1v) is 4.98. The van der Waals surface area contributed by atoms with Gasteiger partial charge in [0, 0.05) is 4.90 Å². The third-order valence-corrected chi connectivity index (χ3v) is 2.65. The molecule has 0 radical (unpaired) electrons. The average molecular weight is 260 g/mol. The summed E-state index contributed by atoms with van der Waals surface area (Å²) in [4.78, 5) is 0.602. The first kappa shape index (κ1) is 15.9. The van der Waals surface area contributed by atoms with Crippen LogP contribution in [0.15, 0.2) is 29.2 Å². The van der Waals surface area contributed by atoms with Crippen molar-refractivity contribution in [2.45, 2.75) is 4.90 Å². The smallest absolute Gasteiger partial charge is 0.497 e. The van der Waals surface area contributed by atoms with Gasteiger partial charge in [-0.25, -0.2) is 0 Å². The molecule has 1 aromatic rings. The van der Waals surface area contributed by atoms with Crippen LogP contribution in [0.2, 0.25) is 0 Å². The van der Waals surface area contributed by atoms with Gasteiger partial charge in [0.2, 0.25) is 0 Å². The van der Waals surface area contributed by atoms with Crippen molar-refractivity contribution in [3.05, 3.63) is 24.3 Å². The van der Waals surface area contributed by atoms with E-state index in [0.717, 1.165) is 11.8 Å². The minimum absolute atomic E-state index is 0. The molecule has 7 heteroatoms. The Morgan fingerprint density at radius 3 is 2.13 bits per heavy atom. The van der Waals surface area contributed by atoms with E-state index in [1.165, 1.54) is 7.11 Å². The summed E-state index contributed by atoms with van der Waals surface area (Å²) in [5, 5.41) is 0. The van der Waals surface area contributed by atoms with E-state index in [2.05, 4.69) is 0 Å². The van der Waals surface area contributed by atoms with E-state index in [0.29, 0.717) is 10.6 Å². The Hall–Kier alpha value is 0.861. The molecule has 0 bridgehead atoms. The molecule has 0 fully saturated rings. The third kappa shape index (κ3) is 6.91. The van der Waals surface area contributed by atoms with Crippen LogP contribution in [0.5, 0.6) is 5.75 Å². The molecular weight excluding hydrogens is 251 g/mol. The number of hydrogen-bond donors (Lipinski definition) is 0. The van der Waals surface area contributed by atoms with Crippen molar-refractivity contribution in [1.82, 2.24) is 0 Å². The fourth-order valence-electron chi connectivity index (χ4n) is 0.863. The molecule has 0 aliphatic carbocycles. The summed E-state index contributed by atoms with van der Waals surface area (Å²) < 4.78 is 40.6. The quantitative estimate of drug-likeness (QED) is 0.564. The molecule has 15 heavy (non-hydrogen) atoms. The summed E-state index contributed by atoms with van der Waals surface area (Å²) in [7, 11) is 1.51. The van der Waals surface area contributed by atoms with Crippen LogP contribution >= 0.6 is 11.8 Å². The van der Waals surface area contributed by atoms with Crippen LogP contribution in [0, 0.1) is 0 Å². The van der Waals surface area contributed by atoms with Crippen molar-refractivity contribution in [3.8, 4) is 5.75 Å². The first-order valence-electron chi connectivity index (χ1n) is 3.99. The zero-order valence-electron chi connectivity index (χ0n) is 8.54. The Morgan fingerprint density at radius 2 is 1.73 bits per heavy atom. The van der Waals surface area contributed by atoms with Gasteiger partial charge in [-0.15, -0.1) is 0 Å². The Labute approximate surface area is 134 Å². The SMILES string of the molecule is COc1ccc(SC[B-](F)(F)F)cc1.[K+]. The molecule has 1 rings (SSSR count). The number of halogens is 3. The van der Waals surface area contributed by atoms with Gasteiger partial charge in [0.05, 0.1) is 7.11 Å². The second-order valence-corrected chi connectivity index (χ2v) is 3.79. The van der Waals surface area contributed by atoms with Gasteiger partial charge in [-0.3, -0.25) is 0 Å². The summed E-state index contributed by atoms with van der Waals surface area (Å²) in [5.41, 5.74) is -0.799. The third-order valence-electron chi connectivity index (χ3n) is 1.50. The molecule has 0 N–H and O–H groups in total. The van der Waals surface area contributed by atoms with Crippen molar-refractivity contribution < 1.29 is 69.1 Å². The monoisotopic (exact) mass is 260 g/mol. The van der Waals surface area contributed by atoms with Gasteiger partial charge >= 0.3 is 58.4 Å². The van der Waals surface area contributed by atoms with Gasteiger partial charge in [-0.05, 0) is 29.9 Å². The fourth-order valence-corrected chi connectivity index (χ4v) is 1.57. The predicted octanol–water partition coefficient (Wildman–Crippen LogP) is 0.178. The molecule has 0 atom stereocenters. The molecule has 0 aliphatic rings. The summed E-state index contributed by atoms with van der Waals surface area (Å²) >= 11 is 0.794. The molecule has 0 aliphatic heterocycles. The van der Waals surface area contributed by atoms with Crippen LogP contribution in [-0.4, -0.2) is 19.7 Å². The van der Waals surface area contributed by atoms with Crippen molar-refractivity contribution in [1.29, 1.82) is 0 Å². The zero-order chi connectivity index (χ0) is 10.6. The fraction of sp³-hybridized carbons (Fsp3) is 0.250.